The smallest absolute Gasteiger partial charge is 0.191 e. The van der Waals surface area contributed by atoms with E-state index in [1.165, 1.54) is 6.07 Å². The van der Waals surface area contributed by atoms with Crippen molar-refractivity contribution < 1.29 is 18.6 Å². The molecule has 2 aromatic carbocycles. The number of hydrogen-bond donors (Lipinski definition) is 3. The maximum atomic E-state index is 13.5. The lowest BCUT2D eigenvalue weighted by molar-refractivity contribution is 0.187. The molecule has 0 amide bonds. The molecule has 0 aliphatic rings. The topological polar surface area (TPSA) is 65.9 Å². The Labute approximate surface area is 181 Å². The Morgan fingerprint density at radius 2 is 1.86 bits per heavy atom. The number of nitrogens with one attached hydrogen (secondary N) is 2. The largest absolute Gasteiger partial charge is 0.489 e. The molecule has 5 nitrogen and oxygen atoms in total. The Kier molecular flexibility index (Phi) is 10.8. The van der Waals surface area contributed by atoms with Gasteiger partial charge in [0.1, 0.15) is 12.4 Å². The third kappa shape index (κ3) is 7.97. The molecule has 0 aliphatic heterocycles. The van der Waals surface area contributed by atoms with Gasteiger partial charge in [0, 0.05) is 12.6 Å². The second-order valence-corrected chi connectivity index (χ2v) is 6.00. The Bertz CT molecular complexity index is 758. The minimum atomic E-state index is -0.739. The minimum absolute atomic E-state index is 0. The lowest BCUT2D eigenvalue weighted by Gasteiger charge is -2.14. The third-order valence-electron chi connectivity index (χ3n) is 3.77. The van der Waals surface area contributed by atoms with Crippen LogP contribution in [0.4, 0.5) is 8.78 Å². The van der Waals surface area contributed by atoms with E-state index in [0.717, 1.165) is 23.3 Å². The van der Waals surface area contributed by atoms with Crippen LogP contribution in [0.5, 0.6) is 5.75 Å². The van der Waals surface area contributed by atoms with Crippen molar-refractivity contribution in [3.05, 3.63) is 65.2 Å². The van der Waals surface area contributed by atoms with Gasteiger partial charge in [0.15, 0.2) is 17.5 Å². The van der Waals surface area contributed by atoms with Gasteiger partial charge in [-0.05, 0) is 31.5 Å². The monoisotopic (exact) mass is 505 g/mol. The molecule has 8 heteroatoms. The van der Waals surface area contributed by atoms with Crippen molar-refractivity contribution in [2.45, 2.75) is 20.0 Å². The fourth-order valence-corrected chi connectivity index (χ4v) is 2.34. The van der Waals surface area contributed by atoms with E-state index >= 15 is 0 Å². The maximum Gasteiger partial charge on any atom is 0.191 e. The highest BCUT2D eigenvalue weighted by Crippen LogP contribution is 2.17. The number of hydrogen-bond acceptors (Lipinski definition) is 3. The summed E-state index contributed by atoms with van der Waals surface area (Å²) in [6, 6.07) is 10.8. The number of rotatable bonds is 8. The van der Waals surface area contributed by atoms with Gasteiger partial charge in [-0.3, -0.25) is 4.99 Å². The molecule has 1 unspecified atom stereocenters. The molecule has 1 atom stereocenters. The van der Waals surface area contributed by atoms with Crippen LogP contribution in [0, 0.1) is 18.6 Å². The number of guanidine groups is 1. The average Bonchev–Trinajstić information content (AvgIpc) is 2.64. The van der Waals surface area contributed by atoms with Gasteiger partial charge in [0.25, 0.3) is 0 Å². The Morgan fingerprint density at radius 1 is 1.14 bits per heavy atom. The SMILES string of the molecule is CCNC(=NCC(O)c1ccc(C)cc1)NCCOc1ccc(F)cc1F.I. The molecule has 0 bridgehead atoms. The molecule has 3 N–H and O–H groups in total. The Morgan fingerprint density at radius 3 is 2.50 bits per heavy atom. The first kappa shape index (κ1) is 24.1. The standard InChI is InChI=1S/C20H25F2N3O2.HI/c1-3-23-20(25-13-18(26)15-6-4-14(2)5-7-15)24-10-11-27-19-9-8-16(21)12-17(19)22;/h4-9,12,18,26H,3,10-11,13H2,1-2H3,(H2,23,24,25);1H. The molecule has 0 fully saturated rings. The van der Waals surface area contributed by atoms with Crippen LogP contribution in [-0.4, -0.2) is 37.3 Å². The normalized spacial score (nSPS) is 12.1. The molecule has 0 saturated carbocycles. The lowest BCUT2D eigenvalue weighted by Crippen LogP contribution is -2.39. The first-order chi connectivity index (χ1) is 13.0. The van der Waals surface area contributed by atoms with Crippen molar-refractivity contribution in [1.29, 1.82) is 0 Å². The van der Waals surface area contributed by atoms with Crippen LogP contribution in [0.2, 0.25) is 0 Å². The van der Waals surface area contributed by atoms with Crippen LogP contribution in [0.1, 0.15) is 24.2 Å². The van der Waals surface area contributed by atoms with Gasteiger partial charge in [0.05, 0.1) is 19.2 Å². The van der Waals surface area contributed by atoms with E-state index in [-0.39, 0.29) is 42.9 Å². The molecule has 2 rings (SSSR count). The number of aliphatic hydroxyl groups is 1. The van der Waals surface area contributed by atoms with Crippen molar-refractivity contribution in [3.63, 3.8) is 0 Å². The fourth-order valence-electron chi connectivity index (χ4n) is 2.34. The van der Waals surface area contributed by atoms with E-state index in [4.69, 9.17) is 4.74 Å². The Hall–Kier alpha value is -1.94. The molecule has 0 saturated heterocycles. The van der Waals surface area contributed by atoms with Crippen molar-refractivity contribution >= 4 is 29.9 Å². The summed E-state index contributed by atoms with van der Waals surface area (Å²) in [6.45, 7) is 5.31. The molecule has 0 radical (unpaired) electrons. The van der Waals surface area contributed by atoms with Gasteiger partial charge in [0.2, 0.25) is 0 Å². The summed E-state index contributed by atoms with van der Waals surface area (Å²) in [5.41, 5.74) is 1.93. The fraction of sp³-hybridized carbons (Fsp3) is 0.350. The van der Waals surface area contributed by atoms with Crippen LogP contribution >= 0.6 is 24.0 Å². The first-order valence-corrected chi connectivity index (χ1v) is 8.84. The van der Waals surface area contributed by atoms with Crippen LogP contribution in [-0.2, 0) is 0 Å². The van der Waals surface area contributed by atoms with E-state index in [1.54, 1.807) is 0 Å². The summed E-state index contributed by atoms with van der Waals surface area (Å²) in [4.78, 5) is 4.35. The van der Waals surface area contributed by atoms with E-state index in [1.807, 2.05) is 38.1 Å². The van der Waals surface area contributed by atoms with Gasteiger partial charge in [-0.25, -0.2) is 8.78 Å². The highest BCUT2D eigenvalue weighted by atomic mass is 127. The van der Waals surface area contributed by atoms with Crippen LogP contribution in [0.15, 0.2) is 47.5 Å². The number of benzene rings is 2. The number of aryl methyl sites for hydroxylation is 1. The zero-order valence-electron chi connectivity index (χ0n) is 15.9. The summed E-state index contributed by atoms with van der Waals surface area (Å²) >= 11 is 0. The molecule has 0 heterocycles. The van der Waals surface area contributed by atoms with Crippen molar-refractivity contribution in [2.24, 2.45) is 4.99 Å². The number of halogens is 3. The minimum Gasteiger partial charge on any atom is -0.489 e. The van der Waals surface area contributed by atoms with Crippen LogP contribution < -0.4 is 15.4 Å². The third-order valence-corrected chi connectivity index (χ3v) is 3.77. The zero-order valence-corrected chi connectivity index (χ0v) is 18.2. The molecule has 2 aromatic rings. The second-order valence-electron chi connectivity index (χ2n) is 6.00. The molecule has 0 aromatic heterocycles. The summed E-state index contributed by atoms with van der Waals surface area (Å²) in [5.74, 6) is -0.870. The number of ether oxygens (including phenoxy) is 1. The van der Waals surface area contributed by atoms with Gasteiger partial charge >= 0.3 is 0 Å². The summed E-state index contributed by atoms with van der Waals surface area (Å²) in [5, 5.41) is 16.4. The number of nitrogens with zero attached hydrogens (tertiary/aromatic N) is 1. The van der Waals surface area contributed by atoms with Crippen molar-refractivity contribution in [3.8, 4) is 5.75 Å². The van der Waals surface area contributed by atoms with Crippen molar-refractivity contribution in [1.82, 2.24) is 10.6 Å². The number of aliphatic hydroxyl groups excluding tert-OH is 1. The quantitative estimate of drug-likeness (QED) is 0.222. The predicted octanol–water partition coefficient (Wildman–Crippen LogP) is 3.56. The second kappa shape index (κ2) is 12.5. The van der Waals surface area contributed by atoms with Crippen LogP contribution in [0.3, 0.4) is 0 Å². The first-order valence-electron chi connectivity index (χ1n) is 8.84. The predicted molar refractivity (Wildman–Crippen MR) is 117 cm³/mol. The molecule has 28 heavy (non-hydrogen) atoms. The van der Waals surface area contributed by atoms with Crippen molar-refractivity contribution in [2.75, 3.05) is 26.2 Å². The van der Waals surface area contributed by atoms with Gasteiger partial charge in [-0.2, -0.15) is 0 Å². The van der Waals surface area contributed by atoms with Gasteiger partial charge in [-0.15, -0.1) is 24.0 Å². The molecular weight excluding hydrogens is 479 g/mol. The maximum absolute atomic E-state index is 13.5. The molecule has 0 aliphatic carbocycles. The summed E-state index contributed by atoms with van der Waals surface area (Å²) in [6.07, 6.45) is -0.703. The van der Waals surface area contributed by atoms with E-state index in [0.29, 0.717) is 19.0 Å². The zero-order chi connectivity index (χ0) is 19.6. The average molecular weight is 505 g/mol. The molecule has 154 valence electrons. The van der Waals surface area contributed by atoms with Crippen LogP contribution in [0.25, 0.3) is 0 Å². The molecular formula is C20H26F2IN3O2. The summed E-state index contributed by atoms with van der Waals surface area (Å²) in [7, 11) is 0. The highest BCUT2D eigenvalue weighted by Gasteiger charge is 2.08. The molecule has 0 spiro atoms. The number of aliphatic imine (C=N–C) groups is 1. The Balaban J connectivity index is 0.00000392. The van der Waals surface area contributed by atoms with E-state index < -0.39 is 17.7 Å². The van der Waals surface area contributed by atoms with Gasteiger partial charge in [-0.1, -0.05) is 29.8 Å². The van der Waals surface area contributed by atoms with E-state index in [9.17, 15) is 13.9 Å². The van der Waals surface area contributed by atoms with E-state index in [2.05, 4.69) is 15.6 Å². The summed E-state index contributed by atoms with van der Waals surface area (Å²) < 4.78 is 31.7. The van der Waals surface area contributed by atoms with Gasteiger partial charge < -0.3 is 20.5 Å². The lowest BCUT2D eigenvalue weighted by atomic mass is 10.1. The highest BCUT2D eigenvalue weighted by molar-refractivity contribution is 14.0.